The fraction of sp³-hybridized carbons (Fsp3) is 0.333. The Morgan fingerprint density at radius 1 is 1.06 bits per heavy atom. The molecule has 0 aromatic carbocycles. The average molecular weight is 467 g/mol. The molecule has 1 fully saturated rings. The van der Waals surface area contributed by atoms with E-state index < -0.39 is 11.9 Å². The molecule has 1 N–H and O–H groups in total. The Kier molecular flexibility index (Phi) is 7.47. The molecule has 0 saturated carbocycles. The first-order chi connectivity index (χ1) is 14.9. The van der Waals surface area contributed by atoms with E-state index in [1.807, 2.05) is 4.90 Å². The summed E-state index contributed by atoms with van der Waals surface area (Å²) in [6.07, 6.45) is 0.173. The number of alkyl halides is 3. The van der Waals surface area contributed by atoms with E-state index in [2.05, 4.69) is 25.2 Å². The summed E-state index contributed by atoms with van der Waals surface area (Å²) in [5, 5.41) is 3.73. The molecule has 0 spiro atoms. The van der Waals surface area contributed by atoms with Gasteiger partial charge in [0.05, 0.1) is 11.1 Å². The molecule has 0 bridgehead atoms. The Hall–Kier alpha value is -2.98. The van der Waals surface area contributed by atoms with E-state index in [4.69, 9.17) is 0 Å². The second kappa shape index (κ2) is 10.1. The highest BCUT2D eigenvalue weighted by Gasteiger charge is 2.32. The molecule has 3 aromatic rings. The highest BCUT2D eigenvalue weighted by molar-refractivity contribution is 5.94. The van der Waals surface area contributed by atoms with E-state index in [1.165, 1.54) is 18.3 Å². The normalized spacial score (nSPS) is 14.8. The number of rotatable bonds is 5. The highest BCUT2D eigenvalue weighted by atomic mass is 35.5. The van der Waals surface area contributed by atoms with Crippen LogP contribution >= 0.6 is 12.4 Å². The van der Waals surface area contributed by atoms with Gasteiger partial charge in [0.1, 0.15) is 11.5 Å². The maximum absolute atomic E-state index is 12.9. The molecule has 0 unspecified atom stereocenters. The topological polar surface area (TPSA) is 74.2 Å². The lowest BCUT2D eigenvalue weighted by molar-refractivity contribution is -0.140. The zero-order chi connectivity index (χ0) is 21.8. The van der Waals surface area contributed by atoms with Crippen molar-refractivity contribution in [2.75, 3.05) is 44.6 Å². The molecule has 7 nitrogen and oxygen atoms in total. The first-order valence-corrected chi connectivity index (χ1v) is 9.90. The van der Waals surface area contributed by atoms with E-state index in [9.17, 15) is 18.0 Å². The zero-order valence-electron chi connectivity index (χ0n) is 17.0. The molecule has 170 valence electrons. The molecule has 0 aliphatic carbocycles. The first kappa shape index (κ1) is 23.7. The van der Waals surface area contributed by atoms with Crippen molar-refractivity contribution in [3.63, 3.8) is 0 Å². The number of nitrogens with zero attached hydrogens (tertiary/aromatic N) is 5. The Balaban J connectivity index is 0.00000289. The molecule has 11 heteroatoms. The summed E-state index contributed by atoms with van der Waals surface area (Å²) in [5.41, 5.74) is -0.0901. The maximum Gasteiger partial charge on any atom is 0.433 e. The van der Waals surface area contributed by atoms with Crippen LogP contribution in [0.5, 0.6) is 0 Å². The minimum Gasteiger partial charge on any atom is -0.368 e. The SMILES string of the molecule is Cl.O=C(c1cccnc1)N1CCN(CCNc2nccc3nc(C(F)(F)F)ccc23)CC1. The van der Waals surface area contributed by atoms with Crippen molar-refractivity contribution < 1.29 is 18.0 Å². The fourth-order valence-electron chi connectivity index (χ4n) is 3.53. The largest absolute Gasteiger partial charge is 0.433 e. The lowest BCUT2D eigenvalue weighted by Crippen LogP contribution is -2.49. The van der Waals surface area contributed by atoms with Gasteiger partial charge in [0.15, 0.2) is 0 Å². The second-order valence-electron chi connectivity index (χ2n) is 7.22. The van der Waals surface area contributed by atoms with Crippen LogP contribution in [0.15, 0.2) is 48.9 Å². The minimum absolute atomic E-state index is 0. The molecular weight excluding hydrogens is 445 g/mol. The Morgan fingerprint density at radius 3 is 2.53 bits per heavy atom. The van der Waals surface area contributed by atoms with Gasteiger partial charge in [0, 0.05) is 63.2 Å². The lowest BCUT2D eigenvalue weighted by atomic mass is 10.2. The Bertz CT molecular complexity index is 1060. The molecule has 1 aliphatic heterocycles. The van der Waals surface area contributed by atoms with Crippen molar-refractivity contribution in [3.8, 4) is 0 Å². The molecule has 1 aliphatic rings. The van der Waals surface area contributed by atoms with Gasteiger partial charge in [-0.3, -0.25) is 14.7 Å². The Morgan fingerprint density at radius 2 is 1.84 bits per heavy atom. The molecule has 4 rings (SSSR count). The van der Waals surface area contributed by atoms with Gasteiger partial charge in [-0.05, 0) is 30.3 Å². The lowest BCUT2D eigenvalue weighted by Gasteiger charge is -2.34. The van der Waals surface area contributed by atoms with E-state index in [0.29, 0.717) is 36.4 Å². The van der Waals surface area contributed by atoms with Crippen LogP contribution < -0.4 is 5.32 Å². The van der Waals surface area contributed by atoms with Gasteiger partial charge in [0.25, 0.3) is 5.91 Å². The van der Waals surface area contributed by atoms with E-state index in [1.54, 1.807) is 24.5 Å². The van der Waals surface area contributed by atoms with Crippen molar-refractivity contribution >= 4 is 35.0 Å². The number of pyridine rings is 3. The van der Waals surface area contributed by atoms with Gasteiger partial charge >= 0.3 is 6.18 Å². The van der Waals surface area contributed by atoms with Crippen LogP contribution in [-0.4, -0.2) is 69.9 Å². The summed E-state index contributed by atoms with van der Waals surface area (Å²) < 4.78 is 38.6. The number of aromatic nitrogens is 3. The maximum atomic E-state index is 12.9. The van der Waals surface area contributed by atoms with Crippen LogP contribution in [0, 0.1) is 0 Å². The summed E-state index contributed by atoms with van der Waals surface area (Å²) in [6.45, 7) is 4.04. The zero-order valence-corrected chi connectivity index (χ0v) is 17.9. The standard InChI is InChI=1S/C21H21F3N6O.ClH/c22-21(23,24)18-4-3-16-17(28-18)5-7-26-19(16)27-8-9-29-10-12-30(13-11-29)20(31)15-2-1-6-25-14-15;/h1-7,14H,8-13H2,(H,26,27);1H. The smallest absolute Gasteiger partial charge is 0.368 e. The van der Waals surface area contributed by atoms with Crippen molar-refractivity contribution in [3.05, 3.63) is 60.2 Å². The second-order valence-corrected chi connectivity index (χ2v) is 7.22. The Labute approximate surface area is 189 Å². The number of carbonyl (C=O) groups excluding carboxylic acids is 1. The molecule has 32 heavy (non-hydrogen) atoms. The number of fused-ring (bicyclic) bond motifs is 1. The number of carbonyl (C=O) groups is 1. The van der Waals surface area contributed by atoms with Crippen molar-refractivity contribution in [1.82, 2.24) is 24.8 Å². The number of piperazine rings is 1. The number of halogens is 4. The molecule has 4 heterocycles. The van der Waals surface area contributed by atoms with Crippen LogP contribution in [0.1, 0.15) is 16.1 Å². The summed E-state index contributed by atoms with van der Waals surface area (Å²) >= 11 is 0. The number of amides is 1. The summed E-state index contributed by atoms with van der Waals surface area (Å²) in [4.78, 5) is 28.5. The van der Waals surface area contributed by atoms with Crippen LogP contribution in [0.3, 0.4) is 0 Å². The fourth-order valence-corrected chi connectivity index (χ4v) is 3.53. The molecule has 1 amide bonds. The van der Waals surface area contributed by atoms with Gasteiger partial charge in [-0.1, -0.05) is 0 Å². The monoisotopic (exact) mass is 466 g/mol. The van der Waals surface area contributed by atoms with E-state index in [0.717, 1.165) is 25.7 Å². The van der Waals surface area contributed by atoms with Crippen LogP contribution in [0.4, 0.5) is 19.0 Å². The average Bonchev–Trinajstić information content (AvgIpc) is 2.79. The third-order valence-electron chi connectivity index (χ3n) is 5.19. The molecule has 1 saturated heterocycles. The summed E-state index contributed by atoms with van der Waals surface area (Å²) in [7, 11) is 0. The number of nitrogens with one attached hydrogen (secondary N) is 1. The molecule has 0 atom stereocenters. The predicted molar refractivity (Wildman–Crippen MR) is 117 cm³/mol. The van der Waals surface area contributed by atoms with Gasteiger partial charge in [-0.25, -0.2) is 9.97 Å². The highest BCUT2D eigenvalue weighted by Crippen LogP contribution is 2.30. The number of hydrogen-bond donors (Lipinski definition) is 1. The van der Waals surface area contributed by atoms with E-state index >= 15 is 0 Å². The third kappa shape index (κ3) is 5.43. The predicted octanol–water partition coefficient (Wildman–Crippen LogP) is 3.34. The van der Waals surface area contributed by atoms with Crippen molar-refractivity contribution in [1.29, 1.82) is 0 Å². The number of hydrogen-bond acceptors (Lipinski definition) is 6. The van der Waals surface area contributed by atoms with E-state index in [-0.39, 0.29) is 23.8 Å². The minimum atomic E-state index is -4.48. The summed E-state index contributed by atoms with van der Waals surface area (Å²) in [6, 6.07) is 7.33. The molecular formula is C21H22ClF3N6O. The van der Waals surface area contributed by atoms with Crippen LogP contribution in [-0.2, 0) is 6.18 Å². The molecule has 0 radical (unpaired) electrons. The quantitative estimate of drug-likeness (QED) is 0.621. The number of anilines is 1. The summed E-state index contributed by atoms with van der Waals surface area (Å²) in [5.74, 6) is 0.487. The third-order valence-corrected chi connectivity index (χ3v) is 5.19. The van der Waals surface area contributed by atoms with Crippen molar-refractivity contribution in [2.24, 2.45) is 0 Å². The molecule has 3 aromatic heterocycles. The van der Waals surface area contributed by atoms with Crippen molar-refractivity contribution in [2.45, 2.75) is 6.18 Å². The van der Waals surface area contributed by atoms with Gasteiger partial charge in [-0.2, -0.15) is 13.2 Å². The first-order valence-electron chi connectivity index (χ1n) is 9.90. The van der Waals surface area contributed by atoms with Crippen LogP contribution in [0.25, 0.3) is 10.9 Å². The van der Waals surface area contributed by atoms with Gasteiger partial charge in [0.2, 0.25) is 0 Å². The van der Waals surface area contributed by atoms with Gasteiger partial charge in [-0.15, -0.1) is 12.4 Å². The van der Waals surface area contributed by atoms with Crippen LogP contribution in [0.2, 0.25) is 0 Å². The van der Waals surface area contributed by atoms with Gasteiger partial charge < -0.3 is 10.2 Å².